The lowest BCUT2D eigenvalue weighted by atomic mass is 10.2. The van der Waals surface area contributed by atoms with E-state index in [2.05, 4.69) is 4.74 Å². The number of ether oxygens (including phenoxy) is 2. The van der Waals surface area contributed by atoms with Gasteiger partial charge in [-0.3, -0.25) is 14.4 Å². The van der Waals surface area contributed by atoms with E-state index in [0.717, 1.165) is 19.3 Å². The van der Waals surface area contributed by atoms with Gasteiger partial charge in [-0.25, -0.2) is 0 Å². The van der Waals surface area contributed by atoms with Crippen molar-refractivity contribution in [2.24, 2.45) is 0 Å². The molecule has 0 aromatic heterocycles. The Morgan fingerprint density at radius 2 is 1.50 bits per heavy atom. The Morgan fingerprint density at radius 1 is 0.950 bits per heavy atom. The van der Waals surface area contributed by atoms with E-state index in [9.17, 15) is 19.5 Å². The first-order valence-corrected chi connectivity index (χ1v) is 6.66. The van der Waals surface area contributed by atoms with E-state index in [1.807, 2.05) is 6.92 Å². The van der Waals surface area contributed by atoms with E-state index in [-0.39, 0.29) is 26.1 Å². The summed E-state index contributed by atoms with van der Waals surface area (Å²) in [6.07, 6.45) is 1.33. The van der Waals surface area contributed by atoms with Crippen molar-refractivity contribution in [2.75, 3.05) is 13.2 Å². The maximum atomic E-state index is 11.2. The molecule has 7 nitrogen and oxygen atoms in total. The van der Waals surface area contributed by atoms with Crippen molar-refractivity contribution in [1.82, 2.24) is 0 Å². The third kappa shape index (κ3) is 11.5. The lowest BCUT2D eigenvalue weighted by molar-refractivity contribution is -0.154. The third-order valence-corrected chi connectivity index (χ3v) is 2.40. The largest absolute Gasteiger partial charge is 0.481 e. The molecule has 0 aliphatic carbocycles. The first kappa shape index (κ1) is 18.4. The number of carbonyl (C=O) groups is 3. The molecule has 0 rings (SSSR count). The van der Waals surface area contributed by atoms with Crippen LogP contribution in [0, 0.1) is 0 Å². The van der Waals surface area contributed by atoms with Crippen molar-refractivity contribution < 1.29 is 34.1 Å². The normalized spacial score (nSPS) is 11.7. The zero-order valence-electron chi connectivity index (χ0n) is 11.7. The van der Waals surface area contributed by atoms with Crippen molar-refractivity contribution in [3.05, 3.63) is 0 Å². The van der Waals surface area contributed by atoms with Gasteiger partial charge in [-0.05, 0) is 6.42 Å². The highest BCUT2D eigenvalue weighted by Crippen LogP contribution is 2.01. The predicted molar refractivity (Wildman–Crippen MR) is 68.9 cm³/mol. The Hall–Kier alpha value is -1.63. The summed E-state index contributed by atoms with van der Waals surface area (Å²) in [6.45, 7) is 1.46. The van der Waals surface area contributed by atoms with Crippen LogP contribution in [0.5, 0.6) is 0 Å². The van der Waals surface area contributed by atoms with E-state index in [1.54, 1.807) is 0 Å². The molecular formula is C13H22O7. The average Bonchev–Trinajstić information content (AvgIpc) is 2.40. The van der Waals surface area contributed by atoms with Gasteiger partial charge in [-0.2, -0.15) is 0 Å². The van der Waals surface area contributed by atoms with Crippen LogP contribution in [-0.2, 0) is 23.9 Å². The second kappa shape index (κ2) is 11.2. The number of aliphatic hydroxyl groups is 1. The molecule has 1 atom stereocenters. The van der Waals surface area contributed by atoms with Crippen LogP contribution in [0.2, 0.25) is 0 Å². The van der Waals surface area contributed by atoms with Crippen LogP contribution in [0.3, 0.4) is 0 Å². The van der Waals surface area contributed by atoms with Gasteiger partial charge in [0.25, 0.3) is 0 Å². The highest BCUT2D eigenvalue weighted by Gasteiger charge is 2.12. The van der Waals surface area contributed by atoms with Crippen LogP contribution in [0.25, 0.3) is 0 Å². The Kier molecular flexibility index (Phi) is 10.3. The number of aliphatic hydroxyl groups excluding tert-OH is 1. The highest BCUT2D eigenvalue weighted by molar-refractivity contribution is 5.76. The highest BCUT2D eigenvalue weighted by atomic mass is 16.6. The lowest BCUT2D eigenvalue weighted by Crippen LogP contribution is -2.25. The quantitative estimate of drug-likeness (QED) is 0.429. The summed E-state index contributed by atoms with van der Waals surface area (Å²) in [7, 11) is 0. The second-order valence-electron chi connectivity index (χ2n) is 4.37. The van der Waals surface area contributed by atoms with Gasteiger partial charge >= 0.3 is 17.9 Å². The topological polar surface area (TPSA) is 110 Å². The Bertz CT molecular complexity index is 314. The van der Waals surface area contributed by atoms with Crippen molar-refractivity contribution >= 4 is 17.9 Å². The maximum Gasteiger partial charge on any atom is 0.306 e. The van der Waals surface area contributed by atoms with Crippen molar-refractivity contribution in [3.63, 3.8) is 0 Å². The van der Waals surface area contributed by atoms with Gasteiger partial charge in [-0.15, -0.1) is 0 Å². The van der Waals surface area contributed by atoms with Crippen LogP contribution in [-0.4, -0.2) is 47.4 Å². The molecule has 0 amide bonds. The van der Waals surface area contributed by atoms with Crippen LogP contribution in [0.4, 0.5) is 0 Å². The summed E-state index contributed by atoms with van der Waals surface area (Å²) >= 11 is 0. The molecule has 0 saturated carbocycles. The maximum absolute atomic E-state index is 11.2. The Morgan fingerprint density at radius 3 is 2.00 bits per heavy atom. The first-order chi connectivity index (χ1) is 9.45. The third-order valence-electron chi connectivity index (χ3n) is 2.40. The molecule has 116 valence electrons. The molecule has 0 aromatic rings. The van der Waals surface area contributed by atoms with Crippen LogP contribution in [0.1, 0.15) is 45.4 Å². The number of rotatable bonds is 11. The van der Waals surface area contributed by atoms with Gasteiger partial charge in [-0.1, -0.05) is 19.8 Å². The fourth-order valence-electron chi connectivity index (χ4n) is 1.30. The minimum absolute atomic E-state index is 0.239. The summed E-state index contributed by atoms with van der Waals surface area (Å²) < 4.78 is 9.45. The van der Waals surface area contributed by atoms with Gasteiger partial charge in [0, 0.05) is 6.42 Å². The number of carboxylic acid groups (broad SMARTS) is 1. The predicted octanol–water partition coefficient (Wildman–Crippen LogP) is 0.879. The molecular weight excluding hydrogens is 268 g/mol. The molecule has 0 aliphatic heterocycles. The second-order valence-corrected chi connectivity index (χ2v) is 4.37. The van der Waals surface area contributed by atoms with E-state index >= 15 is 0 Å². The minimum Gasteiger partial charge on any atom is -0.481 e. The van der Waals surface area contributed by atoms with Crippen molar-refractivity contribution in [2.45, 2.75) is 51.6 Å². The van der Waals surface area contributed by atoms with Gasteiger partial charge in [0.2, 0.25) is 0 Å². The zero-order valence-corrected chi connectivity index (χ0v) is 11.7. The summed E-state index contributed by atoms with van der Waals surface area (Å²) in [6, 6.07) is 0. The molecule has 20 heavy (non-hydrogen) atoms. The molecule has 7 heteroatoms. The number of carboxylic acids is 1. The molecule has 0 aliphatic rings. The fraction of sp³-hybridized carbons (Fsp3) is 0.769. The number of aliphatic carboxylic acids is 1. The van der Waals surface area contributed by atoms with Crippen LogP contribution >= 0.6 is 0 Å². The molecule has 0 heterocycles. The van der Waals surface area contributed by atoms with Gasteiger partial charge in [0.1, 0.15) is 19.3 Å². The summed E-state index contributed by atoms with van der Waals surface area (Å²) in [4.78, 5) is 32.5. The summed E-state index contributed by atoms with van der Waals surface area (Å²) in [5, 5.41) is 17.8. The number of unbranched alkanes of at least 4 members (excludes halogenated alkanes) is 2. The lowest BCUT2D eigenvalue weighted by Gasteiger charge is -2.11. The van der Waals surface area contributed by atoms with Gasteiger partial charge < -0.3 is 19.7 Å². The molecule has 0 saturated heterocycles. The van der Waals surface area contributed by atoms with Gasteiger partial charge in [0.05, 0.1) is 12.8 Å². The van der Waals surface area contributed by atoms with Gasteiger partial charge in [0.15, 0.2) is 0 Å². The minimum atomic E-state index is -1.10. The molecule has 0 radical (unpaired) electrons. The summed E-state index contributed by atoms with van der Waals surface area (Å²) in [5.41, 5.74) is 0. The summed E-state index contributed by atoms with van der Waals surface area (Å²) in [5.74, 6) is -2.20. The Labute approximate surface area is 117 Å². The molecule has 0 aromatic carbocycles. The van der Waals surface area contributed by atoms with E-state index < -0.39 is 24.0 Å². The fourth-order valence-corrected chi connectivity index (χ4v) is 1.30. The number of hydrogen-bond acceptors (Lipinski definition) is 6. The zero-order chi connectivity index (χ0) is 15.4. The van der Waals surface area contributed by atoms with Crippen LogP contribution in [0.15, 0.2) is 0 Å². The number of esters is 2. The molecule has 2 N–H and O–H groups in total. The van der Waals surface area contributed by atoms with E-state index in [0.29, 0.717) is 6.42 Å². The average molecular weight is 290 g/mol. The number of hydrogen-bond donors (Lipinski definition) is 2. The smallest absolute Gasteiger partial charge is 0.306 e. The van der Waals surface area contributed by atoms with E-state index in [1.165, 1.54) is 0 Å². The molecule has 0 fully saturated rings. The molecule has 0 bridgehead atoms. The van der Waals surface area contributed by atoms with Crippen LogP contribution < -0.4 is 0 Å². The monoisotopic (exact) mass is 290 g/mol. The first-order valence-electron chi connectivity index (χ1n) is 6.66. The SMILES string of the molecule is CCCCCC(=O)OCC(O)COC(=O)CCC(=O)O. The number of carbonyl (C=O) groups excluding carboxylic acids is 2. The Balaban J connectivity index is 3.62. The van der Waals surface area contributed by atoms with E-state index in [4.69, 9.17) is 9.84 Å². The molecule has 1 unspecified atom stereocenters. The van der Waals surface area contributed by atoms with Crippen molar-refractivity contribution in [3.8, 4) is 0 Å². The molecule has 0 spiro atoms. The van der Waals surface area contributed by atoms with Crippen molar-refractivity contribution in [1.29, 1.82) is 0 Å². The standard InChI is InChI=1S/C13H22O7/c1-2-3-4-5-12(17)19-8-10(14)9-20-13(18)7-6-11(15)16/h10,14H,2-9H2,1H3,(H,15,16).